The summed E-state index contributed by atoms with van der Waals surface area (Å²) < 4.78 is 6.95. The van der Waals surface area contributed by atoms with E-state index in [1.165, 1.54) is 18.1 Å². The van der Waals surface area contributed by atoms with Crippen molar-refractivity contribution in [1.82, 2.24) is 20.2 Å². The lowest BCUT2D eigenvalue weighted by Crippen LogP contribution is -2.14. The molecule has 25 heavy (non-hydrogen) atoms. The predicted molar refractivity (Wildman–Crippen MR) is 96.1 cm³/mol. The fourth-order valence-electron chi connectivity index (χ4n) is 2.12. The summed E-state index contributed by atoms with van der Waals surface area (Å²) in [6.45, 7) is 2.59. The van der Waals surface area contributed by atoms with Gasteiger partial charge in [-0.2, -0.15) is 0 Å². The molecule has 8 heteroatoms. The van der Waals surface area contributed by atoms with Gasteiger partial charge in [0.1, 0.15) is 12.1 Å². The summed E-state index contributed by atoms with van der Waals surface area (Å²) in [5.41, 5.74) is 1.56. The van der Waals surface area contributed by atoms with Crippen molar-refractivity contribution in [3.63, 3.8) is 0 Å². The van der Waals surface area contributed by atoms with Gasteiger partial charge in [0.05, 0.1) is 18.0 Å². The maximum absolute atomic E-state index is 12.1. The standard InChI is InChI=1S/C17H17N5O2S/c1-2-24-15-7-9-16(10-8-15)25-11-17(23)19-13-3-5-14(6-4-13)22-12-18-20-21-22/h3-10,12H,2,11H2,1H3,(H,19,23). The molecule has 7 nitrogen and oxygen atoms in total. The van der Waals surface area contributed by atoms with Crippen LogP contribution in [0.4, 0.5) is 5.69 Å². The molecule has 3 rings (SSSR count). The van der Waals surface area contributed by atoms with Gasteiger partial charge in [-0.25, -0.2) is 4.68 Å². The zero-order chi connectivity index (χ0) is 17.5. The van der Waals surface area contributed by atoms with Gasteiger partial charge in [-0.05, 0) is 65.9 Å². The molecule has 1 amide bonds. The van der Waals surface area contributed by atoms with Crippen LogP contribution in [0.2, 0.25) is 0 Å². The molecule has 0 aliphatic heterocycles. The molecule has 0 aliphatic carbocycles. The third kappa shape index (κ3) is 4.80. The number of aromatic nitrogens is 4. The van der Waals surface area contributed by atoms with Gasteiger partial charge in [-0.15, -0.1) is 16.9 Å². The highest BCUT2D eigenvalue weighted by Gasteiger charge is 2.05. The van der Waals surface area contributed by atoms with E-state index in [9.17, 15) is 4.79 Å². The normalized spacial score (nSPS) is 10.4. The summed E-state index contributed by atoms with van der Waals surface area (Å²) in [6.07, 6.45) is 1.51. The number of thioether (sulfide) groups is 1. The molecule has 0 saturated heterocycles. The van der Waals surface area contributed by atoms with Gasteiger partial charge >= 0.3 is 0 Å². The molecule has 2 aromatic carbocycles. The molecule has 3 aromatic rings. The average Bonchev–Trinajstić information content (AvgIpc) is 3.17. The first-order valence-electron chi connectivity index (χ1n) is 7.73. The monoisotopic (exact) mass is 355 g/mol. The minimum atomic E-state index is -0.0611. The van der Waals surface area contributed by atoms with Gasteiger partial charge in [0, 0.05) is 10.6 Å². The van der Waals surface area contributed by atoms with Crippen molar-refractivity contribution in [1.29, 1.82) is 0 Å². The van der Waals surface area contributed by atoms with Crippen LogP contribution in [0.5, 0.6) is 5.75 Å². The van der Waals surface area contributed by atoms with Gasteiger partial charge in [0.25, 0.3) is 0 Å². The molecule has 0 radical (unpaired) electrons. The number of amides is 1. The zero-order valence-corrected chi connectivity index (χ0v) is 14.4. The van der Waals surface area contributed by atoms with Gasteiger partial charge in [0.15, 0.2) is 0 Å². The van der Waals surface area contributed by atoms with Gasteiger partial charge in [-0.1, -0.05) is 0 Å². The topological polar surface area (TPSA) is 81.9 Å². The summed E-state index contributed by atoms with van der Waals surface area (Å²) >= 11 is 1.48. The number of nitrogens with zero attached hydrogens (tertiary/aromatic N) is 4. The van der Waals surface area contributed by atoms with E-state index in [-0.39, 0.29) is 5.91 Å². The third-order valence-electron chi connectivity index (χ3n) is 3.27. The number of rotatable bonds is 7. The quantitative estimate of drug-likeness (QED) is 0.656. The van der Waals surface area contributed by atoms with E-state index in [1.807, 2.05) is 55.5 Å². The first kappa shape index (κ1) is 17.0. The molecule has 0 fully saturated rings. The largest absolute Gasteiger partial charge is 0.494 e. The molecule has 128 valence electrons. The fraction of sp³-hybridized carbons (Fsp3) is 0.176. The summed E-state index contributed by atoms with van der Waals surface area (Å²) in [6, 6.07) is 15.0. The van der Waals surface area contributed by atoms with Crippen LogP contribution in [0.1, 0.15) is 6.92 Å². The molecule has 1 N–H and O–H groups in total. The molecular weight excluding hydrogens is 338 g/mol. The molecular formula is C17H17N5O2S. The smallest absolute Gasteiger partial charge is 0.234 e. The summed E-state index contributed by atoms with van der Waals surface area (Å²) in [7, 11) is 0. The zero-order valence-electron chi connectivity index (χ0n) is 13.6. The van der Waals surface area contributed by atoms with Crippen molar-refractivity contribution >= 4 is 23.4 Å². The van der Waals surface area contributed by atoms with E-state index < -0.39 is 0 Å². The molecule has 0 atom stereocenters. The van der Waals surface area contributed by atoms with Crippen LogP contribution < -0.4 is 10.1 Å². The lowest BCUT2D eigenvalue weighted by atomic mass is 10.3. The van der Waals surface area contributed by atoms with Crippen LogP contribution in [0.15, 0.2) is 59.8 Å². The number of hydrogen-bond donors (Lipinski definition) is 1. The first-order chi connectivity index (χ1) is 12.2. The van der Waals surface area contributed by atoms with Crippen molar-refractivity contribution in [3.8, 4) is 11.4 Å². The van der Waals surface area contributed by atoms with E-state index in [4.69, 9.17) is 4.74 Å². The van der Waals surface area contributed by atoms with Crippen molar-refractivity contribution in [2.75, 3.05) is 17.7 Å². The highest BCUT2D eigenvalue weighted by atomic mass is 32.2. The number of nitrogens with one attached hydrogen (secondary N) is 1. The van der Waals surface area contributed by atoms with E-state index in [0.29, 0.717) is 12.4 Å². The predicted octanol–water partition coefficient (Wildman–Crippen LogP) is 2.79. The van der Waals surface area contributed by atoms with Crippen LogP contribution in [0, 0.1) is 0 Å². The average molecular weight is 355 g/mol. The number of ether oxygens (including phenoxy) is 1. The number of carbonyl (C=O) groups is 1. The lowest BCUT2D eigenvalue weighted by Gasteiger charge is -2.07. The Kier molecular flexibility index (Phi) is 5.63. The first-order valence-corrected chi connectivity index (χ1v) is 8.72. The summed E-state index contributed by atoms with van der Waals surface area (Å²) in [5.74, 6) is 1.11. The third-order valence-corrected chi connectivity index (χ3v) is 4.28. The van der Waals surface area contributed by atoms with Gasteiger partial charge in [0.2, 0.25) is 5.91 Å². The summed E-state index contributed by atoms with van der Waals surface area (Å²) in [5, 5.41) is 13.9. The van der Waals surface area contributed by atoms with E-state index >= 15 is 0 Å². The highest BCUT2D eigenvalue weighted by Crippen LogP contribution is 2.22. The second-order valence-corrected chi connectivity index (χ2v) is 6.09. The molecule has 0 saturated carbocycles. The Morgan fingerprint density at radius 3 is 2.56 bits per heavy atom. The Hall–Kier alpha value is -2.87. The minimum Gasteiger partial charge on any atom is -0.494 e. The highest BCUT2D eigenvalue weighted by molar-refractivity contribution is 8.00. The molecule has 0 spiro atoms. The number of carbonyl (C=O) groups excluding carboxylic acids is 1. The maximum atomic E-state index is 12.1. The second kappa shape index (κ2) is 8.29. The van der Waals surface area contributed by atoms with Gasteiger partial charge < -0.3 is 10.1 Å². The molecule has 0 aliphatic rings. The van der Waals surface area contributed by atoms with E-state index in [2.05, 4.69) is 20.8 Å². The Labute approximate surface area is 149 Å². The van der Waals surface area contributed by atoms with Crippen molar-refractivity contribution in [2.24, 2.45) is 0 Å². The number of hydrogen-bond acceptors (Lipinski definition) is 6. The minimum absolute atomic E-state index is 0.0611. The van der Waals surface area contributed by atoms with E-state index in [1.54, 1.807) is 4.68 Å². The fourth-order valence-corrected chi connectivity index (χ4v) is 2.82. The van der Waals surface area contributed by atoms with Crippen LogP contribution in [0.3, 0.4) is 0 Å². The van der Waals surface area contributed by atoms with E-state index in [0.717, 1.165) is 22.0 Å². The Morgan fingerprint density at radius 1 is 1.16 bits per heavy atom. The molecule has 0 bridgehead atoms. The van der Waals surface area contributed by atoms with Crippen LogP contribution >= 0.6 is 11.8 Å². The Bertz CT molecular complexity index is 804. The molecule has 1 aromatic heterocycles. The van der Waals surface area contributed by atoms with Crippen molar-refractivity contribution in [3.05, 3.63) is 54.9 Å². The van der Waals surface area contributed by atoms with Crippen molar-refractivity contribution < 1.29 is 9.53 Å². The number of anilines is 1. The number of benzene rings is 2. The van der Waals surface area contributed by atoms with Gasteiger partial charge in [-0.3, -0.25) is 4.79 Å². The number of tetrazole rings is 1. The SMILES string of the molecule is CCOc1ccc(SCC(=O)Nc2ccc(-n3cnnn3)cc2)cc1. The maximum Gasteiger partial charge on any atom is 0.234 e. The molecule has 0 unspecified atom stereocenters. The van der Waals surface area contributed by atoms with Crippen molar-refractivity contribution in [2.45, 2.75) is 11.8 Å². The molecule has 1 heterocycles. The second-order valence-electron chi connectivity index (χ2n) is 5.04. The van der Waals surface area contributed by atoms with Crippen LogP contribution in [0.25, 0.3) is 5.69 Å². The lowest BCUT2D eigenvalue weighted by molar-refractivity contribution is -0.113. The Morgan fingerprint density at radius 2 is 1.92 bits per heavy atom. The van der Waals surface area contributed by atoms with Crippen LogP contribution in [-0.4, -0.2) is 38.5 Å². The Balaban J connectivity index is 1.50. The summed E-state index contributed by atoms with van der Waals surface area (Å²) in [4.78, 5) is 13.1. The van der Waals surface area contributed by atoms with Crippen LogP contribution in [-0.2, 0) is 4.79 Å².